The minimum Gasteiger partial charge on any atom is -0.335 e. The molecular weight excluding hydrogens is 339 g/mol. The summed E-state index contributed by atoms with van der Waals surface area (Å²) < 4.78 is 0. The van der Waals surface area contributed by atoms with Crippen LogP contribution in [0.5, 0.6) is 0 Å². The Morgan fingerprint density at radius 2 is 2.15 bits per heavy atom. The summed E-state index contributed by atoms with van der Waals surface area (Å²) in [7, 11) is 1.76. The summed E-state index contributed by atoms with van der Waals surface area (Å²) in [4.78, 5) is 23.2. The molecule has 0 saturated carbocycles. The lowest BCUT2D eigenvalue weighted by atomic mass is 10.4. The van der Waals surface area contributed by atoms with Gasteiger partial charge in [0.2, 0.25) is 0 Å². The lowest BCUT2D eigenvalue weighted by Gasteiger charge is -2.14. The van der Waals surface area contributed by atoms with Gasteiger partial charge in [-0.1, -0.05) is 0 Å². The largest absolute Gasteiger partial charge is 0.335 e. The molecule has 0 aromatic carbocycles. The third-order valence-electron chi connectivity index (χ3n) is 2.35. The standard InChI is InChI=1S/C11H14N4OS2.2ClH/c1-7-13-4-8(18-7)5-15(2)11(16)9-6-17-10(3-12)14-9;;/h4,6H,3,5,12H2,1-2H3;2*1H. The molecule has 0 atom stereocenters. The van der Waals surface area contributed by atoms with Crippen molar-refractivity contribution in [1.29, 1.82) is 0 Å². The van der Waals surface area contributed by atoms with Gasteiger partial charge in [-0.15, -0.1) is 47.5 Å². The molecule has 0 unspecified atom stereocenters. The Kier molecular flexibility index (Phi) is 8.22. The van der Waals surface area contributed by atoms with Crippen molar-refractivity contribution >= 4 is 53.4 Å². The van der Waals surface area contributed by atoms with Crippen LogP contribution in [0.15, 0.2) is 11.6 Å². The van der Waals surface area contributed by atoms with E-state index in [1.807, 2.05) is 6.92 Å². The van der Waals surface area contributed by atoms with E-state index in [1.165, 1.54) is 11.3 Å². The average Bonchev–Trinajstić information content (AvgIpc) is 2.97. The fourth-order valence-electron chi connectivity index (χ4n) is 1.48. The van der Waals surface area contributed by atoms with Gasteiger partial charge in [-0.2, -0.15) is 0 Å². The molecule has 0 spiro atoms. The molecule has 0 bridgehead atoms. The summed E-state index contributed by atoms with van der Waals surface area (Å²) in [6.07, 6.45) is 1.80. The lowest BCUT2D eigenvalue weighted by molar-refractivity contribution is 0.0781. The molecule has 2 rings (SSSR count). The van der Waals surface area contributed by atoms with Crippen LogP contribution in [-0.4, -0.2) is 27.8 Å². The number of nitrogens with two attached hydrogens (primary N) is 1. The molecule has 112 valence electrons. The van der Waals surface area contributed by atoms with E-state index < -0.39 is 0 Å². The normalized spacial score (nSPS) is 9.55. The Bertz CT molecular complexity index is 558. The predicted molar refractivity (Wildman–Crippen MR) is 87.1 cm³/mol. The average molecular weight is 355 g/mol. The molecule has 0 radical (unpaired) electrons. The van der Waals surface area contributed by atoms with E-state index in [0.717, 1.165) is 14.9 Å². The number of aryl methyl sites for hydroxylation is 1. The number of nitrogens with zero attached hydrogens (tertiary/aromatic N) is 3. The summed E-state index contributed by atoms with van der Waals surface area (Å²) in [6, 6.07) is 0. The van der Waals surface area contributed by atoms with E-state index >= 15 is 0 Å². The highest BCUT2D eigenvalue weighted by atomic mass is 35.5. The summed E-state index contributed by atoms with van der Waals surface area (Å²) in [5.41, 5.74) is 5.94. The Balaban J connectivity index is 0.00000180. The zero-order chi connectivity index (χ0) is 13.1. The minimum atomic E-state index is -0.0861. The smallest absolute Gasteiger partial charge is 0.273 e. The number of rotatable bonds is 4. The monoisotopic (exact) mass is 354 g/mol. The van der Waals surface area contributed by atoms with Gasteiger partial charge in [0.05, 0.1) is 11.6 Å². The number of carbonyl (C=O) groups is 1. The van der Waals surface area contributed by atoms with E-state index in [4.69, 9.17) is 5.73 Å². The van der Waals surface area contributed by atoms with Crippen LogP contribution in [0.2, 0.25) is 0 Å². The van der Waals surface area contributed by atoms with Crippen LogP contribution >= 0.6 is 47.5 Å². The maximum atomic E-state index is 12.1. The summed E-state index contributed by atoms with van der Waals surface area (Å²) >= 11 is 3.01. The molecule has 2 aromatic heterocycles. The van der Waals surface area contributed by atoms with Crippen LogP contribution in [0.3, 0.4) is 0 Å². The van der Waals surface area contributed by atoms with E-state index in [2.05, 4.69) is 9.97 Å². The number of hydrogen-bond donors (Lipinski definition) is 1. The maximum Gasteiger partial charge on any atom is 0.273 e. The van der Waals surface area contributed by atoms with Crippen molar-refractivity contribution in [1.82, 2.24) is 14.9 Å². The molecule has 0 fully saturated rings. The highest BCUT2D eigenvalue weighted by molar-refractivity contribution is 7.11. The Morgan fingerprint density at radius 3 is 2.65 bits per heavy atom. The second-order valence-electron chi connectivity index (χ2n) is 3.84. The summed E-state index contributed by atoms with van der Waals surface area (Å²) in [6.45, 7) is 2.87. The first kappa shape index (κ1) is 19.3. The second kappa shape index (κ2) is 8.53. The SMILES string of the molecule is Cc1ncc(CN(C)C(=O)c2csc(CN)n2)s1.Cl.Cl. The Labute approximate surface area is 138 Å². The fourth-order valence-corrected chi connectivity index (χ4v) is 2.98. The molecule has 0 aliphatic carbocycles. The molecule has 2 aromatic rings. The summed E-state index contributed by atoms with van der Waals surface area (Å²) in [5, 5.41) is 3.53. The number of hydrogen-bond acceptors (Lipinski definition) is 6. The van der Waals surface area contributed by atoms with Crippen molar-refractivity contribution in [3.8, 4) is 0 Å². The van der Waals surface area contributed by atoms with Gasteiger partial charge in [0.25, 0.3) is 5.91 Å². The van der Waals surface area contributed by atoms with Crippen molar-refractivity contribution in [3.05, 3.63) is 32.2 Å². The van der Waals surface area contributed by atoms with Crippen LogP contribution in [0.4, 0.5) is 0 Å². The van der Waals surface area contributed by atoms with Crippen LogP contribution in [0.1, 0.15) is 25.4 Å². The van der Waals surface area contributed by atoms with Gasteiger partial charge in [-0.05, 0) is 6.92 Å². The maximum absolute atomic E-state index is 12.1. The zero-order valence-electron chi connectivity index (χ0n) is 11.0. The second-order valence-corrected chi connectivity index (χ2v) is 6.10. The first-order valence-corrected chi connectivity index (χ1v) is 7.11. The van der Waals surface area contributed by atoms with Gasteiger partial charge < -0.3 is 10.6 Å². The third-order valence-corrected chi connectivity index (χ3v) is 4.12. The van der Waals surface area contributed by atoms with Crippen molar-refractivity contribution in [2.24, 2.45) is 5.73 Å². The van der Waals surface area contributed by atoms with E-state index in [1.54, 1.807) is 34.9 Å². The van der Waals surface area contributed by atoms with Crippen molar-refractivity contribution in [2.75, 3.05) is 7.05 Å². The molecule has 20 heavy (non-hydrogen) atoms. The third kappa shape index (κ3) is 4.68. The number of aromatic nitrogens is 2. The highest BCUT2D eigenvalue weighted by Gasteiger charge is 2.16. The molecular formula is C11H16Cl2N4OS2. The number of thiazole rings is 2. The predicted octanol–water partition coefficient (Wildman–Crippen LogP) is 2.48. The molecule has 5 nitrogen and oxygen atoms in total. The highest BCUT2D eigenvalue weighted by Crippen LogP contribution is 2.16. The first-order chi connectivity index (χ1) is 8.60. The van der Waals surface area contributed by atoms with Crippen LogP contribution in [0.25, 0.3) is 0 Å². The summed E-state index contributed by atoms with van der Waals surface area (Å²) in [5.74, 6) is -0.0861. The number of carbonyl (C=O) groups excluding carboxylic acids is 1. The molecule has 1 amide bonds. The van der Waals surface area contributed by atoms with E-state index in [-0.39, 0.29) is 30.7 Å². The van der Waals surface area contributed by atoms with Gasteiger partial charge in [0.1, 0.15) is 10.7 Å². The number of amides is 1. The van der Waals surface area contributed by atoms with Gasteiger partial charge in [0, 0.05) is 30.0 Å². The van der Waals surface area contributed by atoms with Crippen LogP contribution < -0.4 is 5.73 Å². The number of halogens is 2. The van der Waals surface area contributed by atoms with E-state index in [9.17, 15) is 4.79 Å². The van der Waals surface area contributed by atoms with Crippen LogP contribution in [-0.2, 0) is 13.1 Å². The van der Waals surface area contributed by atoms with Crippen molar-refractivity contribution in [2.45, 2.75) is 20.0 Å². The van der Waals surface area contributed by atoms with Gasteiger partial charge in [-0.25, -0.2) is 9.97 Å². The quantitative estimate of drug-likeness (QED) is 0.915. The minimum absolute atomic E-state index is 0. The Morgan fingerprint density at radius 1 is 1.45 bits per heavy atom. The first-order valence-electron chi connectivity index (χ1n) is 5.41. The fraction of sp³-hybridized carbons (Fsp3) is 0.364. The topological polar surface area (TPSA) is 72.1 Å². The molecule has 2 heterocycles. The molecule has 0 aliphatic heterocycles. The molecule has 0 saturated heterocycles. The Hall–Kier alpha value is -0.730. The van der Waals surface area contributed by atoms with Gasteiger partial charge in [-0.3, -0.25) is 4.79 Å². The zero-order valence-corrected chi connectivity index (χ0v) is 14.3. The lowest BCUT2D eigenvalue weighted by Crippen LogP contribution is -2.26. The van der Waals surface area contributed by atoms with Crippen LogP contribution in [0, 0.1) is 6.92 Å². The van der Waals surface area contributed by atoms with Gasteiger partial charge in [0.15, 0.2) is 0 Å². The van der Waals surface area contributed by atoms with E-state index in [0.29, 0.717) is 18.8 Å². The molecule has 2 N–H and O–H groups in total. The van der Waals surface area contributed by atoms with Crippen molar-refractivity contribution in [3.63, 3.8) is 0 Å². The molecule has 9 heteroatoms. The molecule has 0 aliphatic rings. The van der Waals surface area contributed by atoms with Gasteiger partial charge >= 0.3 is 0 Å². The van der Waals surface area contributed by atoms with Crippen molar-refractivity contribution < 1.29 is 4.79 Å².